The number of pyridine rings is 1. The summed E-state index contributed by atoms with van der Waals surface area (Å²) in [7, 11) is -3.89. The maximum absolute atomic E-state index is 12.8. The summed E-state index contributed by atoms with van der Waals surface area (Å²) in [4.78, 5) is 15.3. The molecule has 1 amide bonds. The monoisotopic (exact) mass is 421 g/mol. The molecule has 2 aromatic rings. The highest BCUT2D eigenvalue weighted by molar-refractivity contribution is 7.89. The Morgan fingerprint density at radius 1 is 1.11 bits per heavy atom. The summed E-state index contributed by atoms with van der Waals surface area (Å²) in [6.45, 7) is -1.70. The number of aromatic nitrogens is 1. The molecular formula is C16H15F4N3O4S. The van der Waals surface area contributed by atoms with Gasteiger partial charge in [0.25, 0.3) is 0 Å². The van der Waals surface area contributed by atoms with Gasteiger partial charge >= 0.3 is 6.18 Å². The van der Waals surface area contributed by atoms with Gasteiger partial charge in [0.2, 0.25) is 21.8 Å². The van der Waals surface area contributed by atoms with Crippen LogP contribution in [0.3, 0.4) is 0 Å². The molecule has 0 spiro atoms. The van der Waals surface area contributed by atoms with Crippen LogP contribution in [0.1, 0.15) is 6.42 Å². The quantitative estimate of drug-likeness (QED) is 0.639. The Bertz CT molecular complexity index is 901. The van der Waals surface area contributed by atoms with Crippen molar-refractivity contribution in [1.82, 2.24) is 9.71 Å². The Kier molecular flexibility index (Phi) is 6.91. The summed E-state index contributed by atoms with van der Waals surface area (Å²) in [5, 5.41) is 2.41. The average molecular weight is 421 g/mol. The summed E-state index contributed by atoms with van der Waals surface area (Å²) in [6, 6.07) is 6.61. The van der Waals surface area contributed by atoms with Crippen LogP contribution in [-0.2, 0) is 14.8 Å². The molecule has 0 aliphatic heterocycles. The second kappa shape index (κ2) is 8.97. The van der Waals surface area contributed by atoms with Crippen molar-refractivity contribution in [2.24, 2.45) is 0 Å². The third-order valence-corrected chi connectivity index (χ3v) is 4.65. The lowest BCUT2D eigenvalue weighted by atomic mass is 10.3. The van der Waals surface area contributed by atoms with Crippen LogP contribution in [0.2, 0.25) is 0 Å². The molecule has 0 saturated heterocycles. The number of sulfonamides is 1. The predicted molar refractivity (Wildman–Crippen MR) is 90.6 cm³/mol. The molecule has 7 nitrogen and oxygen atoms in total. The number of nitrogens with zero attached hydrogens (tertiary/aromatic N) is 1. The van der Waals surface area contributed by atoms with Crippen molar-refractivity contribution < 1.29 is 35.5 Å². The number of alkyl halides is 3. The molecule has 0 bridgehead atoms. The number of rotatable bonds is 8. The number of hydrogen-bond donors (Lipinski definition) is 2. The van der Waals surface area contributed by atoms with E-state index in [2.05, 4.69) is 19.8 Å². The fourth-order valence-corrected chi connectivity index (χ4v) is 2.95. The van der Waals surface area contributed by atoms with E-state index in [0.717, 1.165) is 36.5 Å². The van der Waals surface area contributed by atoms with Gasteiger partial charge in [0.15, 0.2) is 6.61 Å². The maximum atomic E-state index is 12.8. The van der Waals surface area contributed by atoms with E-state index < -0.39 is 34.5 Å². The van der Waals surface area contributed by atoms with Gasteiger partial charge in [-0.25, -0.2) is 22.5 Å². The van der Waals surface area contributed by atoms with E-state index >= 15 is 0 Å². The van der Waals surface area contributed by atoms with E-state index in [-0.39, 0.29) is 29.4 Å². The van der Waals surface area contributed by atoms with Crippen molar-refractivity contribution in [1.29, 1.82) is 0 Å². The molecule has 28 heavy (non-hydrogen) atoms. The van der Waals surface area contributed by atoms with Crippen LogP contribution in [0, 0.1) is 5.82 Å². The molecule has 2 N–H and O–H groups in total. The van der Waals surface area contributed by atoms with Gasteiger partial charge in [-0.1, -0.05) is 0 Å². The van der Waals surface area contributed by atoms with Gasteiger partial charge in [0, 0.05) is 19.0 Å². The zero-order valence-corrected chi connectivity index (χ0v) is 15.0. The minimum absolute atomic E-state index is 0.145. The number of benzene rings is 1. The number of amides is 1. The summed E-state index contributed by atoms with van der Waals surface area (Å²) in [5.74, 6) is -1.39. The third-order valence-electron chi connectivity index (χ3n) is 3.17. The second-order valence-electron chi connectivity index (χ2n) is 5.44. The first kappa shape index (κ1) is 21.6. The summed E-state index contributed by atoms with van der Waals surface area (Å²) in [5.41, 5.74) is 0.200. The van der Waals surface area contributed by atoms with E-state index in [1.165, 1.54) is 6.07 Å². The van der Waals surface area contributed by atoms with E-state index in [0.29, 0.717) is 0 Å². The smallest absolute Gasteiger partial charge is 0.422 e. The molecule has 1 aromatic carbocycles. The standard InChI is InChI=1S/C16H15F4N3O4S/c17-11-1-4-13(5-2-11)28(25,26)22-8-7-14(24)23-12-3-6-15(21-9-12)27-10-16(18,19)20/h1-6,9,22H,7-8,10H2,(H,23,24). The molecule has 0 radical (unpaired) electrons. The van der Waals surface area contributed by atoms with Crippen molar-refractivity contribution in [3.05, 3.63) is 48.4 Å². The SMILES string of the molecule is O=C(CCNS(=O)(=O)c1ccc(F)cc1)Nc1ccc(OCC(F)(F)F)nc1. The van der Waals surface area contributed by atoms with Crippen molar-refractivity contribution in [3.8, 4) is 5.88 Å². The summed E-state index contributed by atoms with van der Waals surface area (Å²) >= 11 is 0. The lowest BCUT2D eigenvalue weighted by molar-refractivity contribution is -0.154. The molecule has 1 heterocycles. The first-order valence-electron chi connectivity index (χ1n) is 7.76. The van der Waals surface area contributed by atoms with Crippen molar-refractivity contribution in [2.45, 2.75) is 17.5 Å². The summed E-state index contributed by atoms with van der Waals surface area (Å²) in [6.07, 6.45) is -3.60. The minimum atomic E-state index is -4.49. The van der Waals surface area contributed by atoms with Crippen LogP contribution in [0.25, 0.3) is 0 Å². The predicted octanol–water partition coefficient (Wildman–Crippen LogP) is 2.47. The fraction of sp³-hybridized carbons (Fsp3) is 0.250. The molecule has 152 valence electrons. The molecule has 1 aromatic heterocycles. The molecule has 0 saturated carbocycles. The van der Waals surface area contributed by atoms with Gasteiger partial charge in [-0.3, -0.25) is 4.79 Å². The van der Waals surface area contributed by atoms with Gasteiger partial charge in [-0.15, -0.1) is 0 Å². The number of nitrogens with one attached hydrogen (secondary N) is 2. The van der Waals surface area contributed by atoms with Crippen LogP contribution in [0.15, 0.2) is 47.5 Å². The minimum Gasteiger partial charge on any atom is -0.468 e. The number of anilines is 1. The van der Waals surface area contributed by atoms with E-state index in [4.69, 9.17) is 0 Å². The van der Waals surface area contributed by atoms with Gasteiger partial charge in [0.05, 0.1) is 16.8 Å². The number of ether oxygens (including phenoxy) is 1. The molecule has 2 rings (SSSR count). The van der Waals surface area contributed by atoms with Crippen LogP contribution in [0.4, 0.5) is 23.2 Å². The lowest BCUT2D eigenvalue weighted by Crippen LogP contribution is -2.27. The maximum Gasteiger partial charge on any atom is 0.422 e. The normalized spacial score (nSPS) is 11.9. The van der Waals surface area contributed by atoms with Crippen molar-refractivity contribution >= 4 is 21.6 Å². The third kappa shape index (κ3) is 7.12. The van der Waals surface area contributed by atoms with Crippen molar-refractivity contribution in [3.63, 3.8) is 0 Å². The second-order valence-corrected chi connectivity index (χ2v) is 7.21. The number of carbonyl (C=O) groups excluding carboxylic acids is 1. The molecular weight excluding hydrogens is 406 g/mol. The Labute approximate surface area is 157 Å². The largest absolute Gasteiger partial charge is 0.468 e. The number of hydrogen-bond acceptors (Lipinski definition) is 5. The highest BCUT2D eigenvalue weighted by atomic mass is 32.2. The first-order valence-corrected chi connectivity index (χ1v) is 9.24. The van der Waals surface area contributed by atoms with Crippen LogP contribution in [0.5, 0.6) is 5.88 Å². The molecule has 0 fully saturated rings. The first-order chi connectivity index (χ1) is 13.0. The Hall–Kier alpha value is -2.73. The lowest BCUT2D eigenvalue weighted by Gasteiger charge is -2.09. The molecule has 0 atom stereocenters. The van der Waals surface area contributed by atoms with Gasteiger partial charge in [-0.2, -0.15) is 13.2 Å². The van der Waals surface area contributed by atoms with Crippen LogP contribution < -0.4 is 14.8 Å². The Morgan fingerprint density at radius 3 is 2.36 bits per heavy atom. The van der Waals surface area contributed by atoms with E-state index in [9.17, 15) is 30.8 Å². The average Bonchev–Trinajstić information content (AvgIpc) is 2.60. The summed E-state index contributed by atoms with van der Waals surface area (Å²) < 4.78 is 79.6. The zero-order chi connectivity index (χ0) is 20.8. The van der Waals surface area contributed by atoms with Crippen LogP contribution >= 0.6 is 0 Å². The van der Waals surface area contributed by atoms with Gasteiger partial charge < -0.3 is 10.1 Å². The molecule has 0 aliphatic carbocycles. The van der Waals surface area contributed by atoms with Crippen LogP contribution in [-0.4, -0.2) is 38.6 Å². The van der Waals surface area contributed by atoms with E-state index in [1.54, 1.807) is 0 Å². The molecule has 0 aliphatic rings. The van der Waals surface area contributed by atoms with Crippen molar-refractivity contribution in [2.75, 3.05) is 18.5 Å². The van der Waals surface area contributed by atoms with Gasteiger partial charge in [-0.05, 0) is 30.3 Å². The van der Waals surface area contributed by atoms with Gasteiger partial charge in [0.1, 0.15) is 5.82 Å². The number of halogens is 4. The topological polar surface area (TPSA) is 97.4 Å². The Balaban J connectivity index is 1.80. The fourth-order valence-electron chi connectivity index (χ4n) is 1.91. The highest BCUT2D eigenvalue weighted by Crippen LogP contribution is 2.18. The Morgan fingerprint density at radius 2 is 1.79 bits per heavy atom. The molecule has 12 heteroatoms. The molecule has 0 unspecified atom stereocenters. The van der Waals surface area contributed by atoms with E-state index in [1.807, 2.05) is 0 Å². The highest BCUT2D eigenvalue weighted by Gasteiger charge is 2.28. The zero-order valence-electron chi connectivity index (χ0n) is 14.2. The number of carbonyl (C=O) groups is 1.